The van der Waals surface area contributed by atoms with Crippen LogP contribution in [0.1, 0.15) is 63.0 Å². The number of aliphatic carboxylic acids is 1. The Bertz CT molecular complexity index is 1330. The molecule has 0 bridgehead atoms. The Morgan fingerprint density at radius 3 is 2.54 bits per heavy atom. The third-order valence-electron chi connectivity index (χ3n) is 7.69. The number of benzene rings is 1. The van der Waals surface area contributed by atoms with Gasteiger partial charge in [0, 0.05) is 11.9 Å². The number of nitriles is 1. The summed E-state index contributed by atoms with van der Waals surface area (Å²) in [6, 6.07) is 11.5. The number of aromatic nitrogens is 3. The van der Waals surface area contributed by atoms with Crippen molar-refractivity contribution < 1.29 is 15.0 Å². The number of H-pyrrole nitrogens is 1. The van der Waals surface area contributed by atoms with Crippen LogP contribution in [-0.2, 0) is 10.4 Å². The van der Waals surface area contributed by atoms with Gasteiger partial charge in [-0.2, -0.15) is 10.4 Å². The van der Waals surface area contributed by atoms with Gasteiger partial charge >= 0.3 is 5.97 Å². The number of aromatic amines is 1. The minimum Gasteiger partial charge on any atom is -0.481 e. The average molecular weight is 476 g/mol. The summed E-state index contributed by atoms with van der Waals surface area (Å²) in [5, 5.41) is 38.4. The van der Waals surface area contributed by atoms with Gasteiger partial charge in [-0.05, 0) is 62.3 Å². The summed E-state index contributed by atoms with van der Waals surface area (Å²) in [5.74, 6) is -0.919. The van der Waals surface area contributed by atoms with E-state index < -0.39 is 17.5 Å². The Balaban J connectivity index is 1.42. The number of rotatable bonds is 5. The summed E-state index contributed by atoms with van der Waals surface area (Å²) >= 11 is 0. The predicted octanol–water partition coefficient (Wildman–Crippen LogP) is 4.19. The monoisotopic (exact) mass is 475 g/mol. The van der Waals surface area contributed by atoms with Crippen molar-refractivity contribution in [2.45, 2.75) is 63.0 Å². The minimum atomic E-state index is -1.04. The second-order valence-electron chi connectivity index (χ2n) is 9.79. The van der Waals surface area contributed by atoms with Crippen molar-refractivity contribution in [3.63, 3.8) is 0 Å². The lowest BCUT2D eigenvalue weighted by atomic mass is 9.75. The molecule has 2 aliphatic carbocycles. The maximum absolute atomic E-state index is 12.7. The zero-order chi connectivity index (χ0) is 24.6. The van der Waals surface area contributed by atoms with Gasteiger partial charge in [0.2, 0.25) is 0 Å². The average Bonchev–Trinajstić information content (AvgIpc) is 3.24. The number of carboxylic acids is 1. The quantitative estimate of drug-likeness (QED) is 0.433. The molecule has 0 radical (unpaired) electrons. The van der Waals surface area contributed by atoms with Crippen molar-refractivity contribution in [1.82, 2.24) is 14.8 Å². The van der Waals surface area contributed by atoms with E-state index in [0.717, 1.165) is 31.2 Å². The van der Waals surface area contributed by atoms with Crippen LogP contribution in [0.4, 0.5) is 11.5 Å². The molecule has 2 saturated carbocycles. The first-order valence-electron chi connectivity index (χ1n) is 12.2. The molecule has 2 aromatic heterocycles. The van der Waals surface area contributed by atoms with E-state index in [4.69, 9.17) is 5.10 Å². The molecule has 0 spiro atoms. The first-order valence-corrected chi connectivity index (χ1v) is 12.2. The van der Waals surface area contributed by atoms with Crippen LogP contribution in [0.2, 0.25) is 0 Å². The van der Waals surface area contributed by atoms with E-state index in [1.54, 1.807) is 6.20 Å². The van der Waals surface area contributed by atoms with Crippen molar-refractivity contribution in [1.29, 1.82) is 5.26 Å². The van der Waals surface area contributed by atoms with Crippen molar-refractivity contribution in [2.24, 2.45) is 11.8 Å². The van der Waals surface area contributed by atoms with E-state index >= 15 is 0 Å². The smallest absolute Gasteiger partial charge is 0.306 e. The Morgan fingerprint density at radius 2 is 1.86 bits per heavy atom. The zero-order valence-electron chi connectivity index (χ0n) is 19.4. The lowest BCUT2D eigenvalue weighted by Gasteiger charge is -2.35. The Hall–Kier alpha value is -3.64. The van der Waals surface area contributed by atoms with Crippen molar-refractivity contribution >= 4 is 28.4 Å². The maximum Gasteiger partial charge on any atom is 0.306 e. The van der Waals surface area contributed by atoms with Crippen LogP contribution in [0.5, 0.6) is 0 Å². The van der Waals surface area contributed by atoms with Gasteiger partial charge in [0.1, 0.15) is 5.39 Å². The molecule has 35 heavy (non-hydrogen) atoms. The van der Waals surface area contributed by atoms with Gasteiger partial charge in [-0.15, -0.1) is 0 Å². The second kappa shape index (κ2) is 9.19. The van der Waals surface area contributed by atoms with Gasteiger partial charge in [-0.3, -0.25) is 14.3 Å². The molecular formula is C26H29N5O4. The largest absolute Gasteiger partial charge is 0.481 e. The summed E-state index contributed by atoms with van der Waals surface area (Å²) < 4.78 is 1.83. The molecule has 182 valence electrons. The van der Waals surface area contributed by atoms with E-state index in [-0.39, 0.29) is 17.5 Å². The molecule has 3 aromatic rings. The highest BCUT2D eigenvalue weighted by atomic mass is 16.4. The molecule has 2 atom stereocenters. The van der Waals surface area contributed by atoms with Crippen molar-refractivity contribution in [3.05, 3.63) is 52.4 Å². The van der Waals surface area contributed by atoms with E-state index in [2.05, 4.69) is 16.4 Å². The highest BCUT2D eigenvalue weighted by Crippen LogP contribution is 2.40. The number of nitrogens with one attached hydrogen (secondary N) is 2. The second-order valence-corrected chi connectivity index (χ2v) is 9.79. The zero-order valence-corrected chi connectivity index (χ0v) is 19.4. The molecule has 2 fully saturated rings. The summed E-state index contributed by atoms with van der Waals surface area (Å²) in [7, 11) is 0. The van der Waals surface area contributed by atoms with Crippen LogP contribution in [-0.4, -0.2) is 30.9 Å². The summed E-state index contributed by atoms with van der Waals surface area (Å²) in [6.45, 7) is 0. The van der Waals surface area contributed by atoms with Crippen LogP contribution in [0.25, 0.3) is 10.9 Å². The van der Waals surface area contributed by atoms with E-state index in [9.17, 15) is 25.1 Å². The highest BCUT2D eigenvalue weighted by Gasteiger charge is 2.37. The molecule has 0 amide bonds. The first kappa shape index (κ1) is 23.1. The molecule has 1 aromatic carbocycles. The van der Waals surface area contributed by atoms with Gasteiger partial charge in [-0.25, -0.2) is 0 Å². The number of hydrogen-bond donors (Lipinski definition) is 4. The Morgan fingerprint density at radius 1 is 1.14 bits per heavy atom. The predicted molar refractivity (Wildman–Crippen MR) is 130 cm³/mol. The highest BCUT2D eigenvalue weighted by molar-refractivity contribution is 5.91. The number of carbonyl (C=O) groups is 1. The Kier molecular flexibility index (Phi) is 6.07. The normalized spacial score (nSPS) is 26.8. The van der Waals surface area contributed by atoms with Crippen LogP contribution in [0, 0.1) is 23.2 Å². The SMILES string of the molecule is N#CC1CCCC[C@@H]1n1nc(Nc2ccc([C@]3(O)CC[C@H](C(=O)O)CC3)cc2)c2c(=O)[nH]ccc21. The molecular weight excluding hydrogens is 446 g/mol. The maximum atomic E-state index is 12.7. The topological polar surface area (TPSA) is 144 Å². The molecule has 9 heteroatoms. The van der Waals surface area contributed by atoms with Gasteiger partial charge in [-0.1, -0.05) is 25.0 Å². The fourth-order valence-electron chi connectivity index (χ4n) is 5.63. The lowest BCUT2D eigenvalue weighted by Crippen LogP contribution is -2.33. The minimum absolute atomic E-state index is 0.0776. The van der Waals surface area contributed by atoms with Crippen LogP contribution < -0.4 is 10.9 Å². The Labute approximate surface area is 202 Å². The van der Waals surface area contributed by atoms with E-state index in [0.29, 0.717) is 48.1 Å². The summed E-state index contributed by atoms with van der Waals surface area (Å²) in [4.78, 5) is 26.7. The number of hydrogen-bond acceptors (Lipinski definition) is 6. The van der Waals surface area contributed by atoms with E-state index in [1.807, 2.05) is 35.0 Å². The molecule has 2 aliphatic rings. The number of pyridine rings is 1. The molecule has 0 saturated heterocycles. The third kappa shape index (κ3) is 4.30. The van der Waals surface area contributed by atoms with E-state index in [1.165, 1.54) is 0 Å². The van der Waals surface area contributed by atoms with Crippen LogP contribution in [0.3, 0.4) is 0 Å². The fraction of sp³-hybridized carbons (Fsp3) is 0.462. The molecule has 9 nitrogen and oxygen atoms in total. The number of carboxylic acid groups (broad SMARTS) is 1. The number of nitrogens with zero attached hydrogens (tertiary/aromatic N) is 3. The number of aliphatic hydroxyl groups is 1. The van der Waals surface area contributed by atoms with Gasteiger partial charge in [0.15, 0.2) is 5.82 Å². The third-order valence-corrected chi connectivity index (χ3v) is 7.69. The molecule has 0 aliphatic heterocycles. The van der Waals surface area contributed by atoms with Crippen molar-refractivity contribution in [3.8, 4) is 6.07 Å². The summed E-state index contributed by atoms with van der Waals surface area (Å²) in [6.07, 6.45) is 7.02. The van der Waals surface area contributed by atoms with Crippen LogP contribution in [0.15, 0.2) is 41.3 Å². The standard InChI is InChI=1S/C26H29N5O4/c27-15-17-3-1-2-4-20(17)31-21-11-14-28-24(32)22(21)23(30-31)29-19-7-5-18(6-8-19)26(35)12-9-16(10-13-26)25(33)34/h5-8,11,14,16-17,20,35H,1-4,9-10,12-13H2,(H,28,32)(H,29,30)(H,33,34)/t16-,17?,20-,26-/m0/s1. The molecule has 5 rings (SSSR count). The number of fused-ring (bicyclic) bond motifs is 1. The fourth-order valence-corrected chi connectivity index (χ4v) is 5.63. The number of anilines is 2. The molecule has 2 heterocycles. The van der Waals surface area contributed by atoms with Gasteiger partial charge in [0.05, 0.1) is 35.1 Å². The van der Waals surface area contributed by atoms with Gasteiger partial charge in [0.25, 0.3) is 5.56 Å². The summed E-state index contributed by atoms with van der Waals surface area (Å²) in [5.41, 5.74) is 0.876. The van der Waals surface area contributed by atoms with Crippen molar-refractivity contribution in [2.75, 3.05) is 5.32 Å². The molecule has 1 unspecified atom stereocenters. The van der Waals surface area contributed by atoms with Gasteiger partial charge < -0.3 is 20.5 Å². The molecule has 4 N–H and O–H groups in total. The first-order chi connectivity index (χ1) is 16.9. The van der Waals surface area contributed by atoms with Crippen LogP contribution >= 0.6 is 0 Å². The lowest BCUT2D eigenvalue weighted by molar-refractivity contribution is -0.145.